The molecule has 0 bridgehead atoms. The molecule has 100 valence electrons. The smallest absolute Gasteiger partial charge is 0.149 e. The molecule has 19 heavy (non-hydrogen) atoms. The van der Waals surface area contributed by atoms with Gasteiger partial charge in [-0.25, -0.2) is 13.2 Å². The highest BCUT2D eigenvalue weighted by atomic mass is 19.1. The summed E-state index contributed by atoms with van der Waals surface area (Å²) in [5.74, 6) is -2.23. The van der Waals surface area contributed by atoms with Gasteiger partial charge >= 0.3 is 0 Å². The fraction of sp³-hybridized carbons (Fsp3) is 0.143. The summed E-state index contributed by atoms with van der Waals surface area (Å²) in [6.45, 7) is -0.156. The van der Waals surface area contributed by atoms with Crippen molar-refractivity contribution in [2.24, 2.45) is 0 Å². The average Bonchev–Trinajstić information content (AvgIpc) is 2.36. The molecule has 0 fully saturated rings. The molecule has 0 atom stereocenters. The number of nitrogens with two attached hydrogens (primary N) is 1. The molecule has 0 aromatic heterocycles. The Hall–Kier alpha value is -2.01. The van der Waals surface area contributed by atoms with E-state index in [4.69, 9.17) is 10.8 Å². The summed E-state index contributed by atoms with van der Waals surface area (Å²) in [6.07, 6.45) is 0.242. The number of halogens is 3. The van der Waals surface area contributed by atoms with Gasteiger partial charge in [0, 0.05) is 18.2 Å². The van der Waals surface area contributed by atoms with Gasteiger partial charge in [0.1, 0.15) is 17.5 Å². The van der Waals surface area contributed by atoms with Crippen LogP contribution in [0.4, 0.5) is 18.9 Å². The monoisotopic (exact) mass is 267 g/mol. The van der Waals surface area contributed by atoms with Gasteiger partial charge in [0.05, 0.1) is 5.69 Å². The van der Waals surface area contributed by atoms with Crippen molar-refractivity contribution < 1.29 is 18.3 Å². The van der Waals surface area contributed by atoms with Crippen LogP contribution in [0, 0.1) is 17.5 Å². The van der Waals surface area contributed by atoms with Crippen LogP contribution in [0.3, 0.4) is 0 Å². The first kappa shape index (κ1) is 13.4. The van der Waals surface area contributed by atoms with E-state index in [1.165, 1.54) is 12.1 Å². The number of aliphatic hydroxyl groups is 1. The van der Waals surface area contributed by atoms with Gasteiger partial charge in [-0.05, 0) is 35.7 Å². The molecule has 3 N–H and O–H groups in total. The molecular weight excluding hydrogens is 255 g/mol. The van der Waals surface area contributed by atoms with E-state index in [9.17, 15) is 13.2 Å². The van der Waals surface area contributed by atoms with E-state index in [-0.39, 0.29) is 29.8 Å². The predicted octanol–water partition coefficient (Wildman–Crippen LogP) is 2.89. The molecule has 0 unspecified atom stereocenters. The summed E-state index contributed by atoms with van der Waals surface area (Å²) in [5, 5.41) is 8.96. The van der Waals surface area contributed by atoms with Gasteiger partial charge in [0.25, 0.3) is 0 Å². The number of nitrogen functional groups attached to an aromatic ring is 1. The predicted molar refractivity (Wildman–Crippen MR) is 67.0 cm³/mol. The number of hydrogen-bond acceptors (Lipinski definition) is 2. The largest absolute Gasteiger partial charge is 0.396 e. The average molecular weight is 267 g/mol. The highest BCUT2D eigenvalue weighted by Gasteiger charge is 2.14. The van der Waals surface area contributed by atoms with Crippen LogP contribution in [0.1, 0.15) is 5.56 Å². The molecule has 0 saturated heterocycles. The third-order valence-corrected chi connectivity index (χ3v) is 2.83. The number of rotatable bonds is 3. The Labute approximate surface area is 108 Å². The van der Waals surface area contributed by atoms with Crippen LogP contribution in [0.5, 0.6) is 0 Å². The molecule has 5 heteroatoms. The van der Waals surface area contributed by atoms with Gasteiger partial charge in [-0.15, -0.1) is 0 Å². The summed E-state index contributed by atoms with van der Waals surface area (Å²) in [5.41, 5.74) is 6.03. The molecule has 0 saturated carbocycles. The van der Waals surface area contributed by atoms with Gasteiger partial charge in [-0.2, -0.15) is 0 Å². The zero-order valence-corrected chi connectivity index (χ0v) is 9.96. The highest BCUT2D eigenvalue weighted by molar-refractivity contribution is 5.71. The number of aliphatic hydroxyl groups excluding tert-OH is 1. The first-order valence-electron chi connectivity index (χ1n) is 5.67. The van der Waals surface area contributed by atoms with Gasteiger partial charge in [-0.3, -0.25) is 0 Å². The molecule has 0 spiro atoms. The Morgan fingerprint density at radius 2 is 1.68 bits per heavy atom. The number of hydrogen-bond donors (Lipinski definition) is 2. The Balaban J connectivity index is 2.63. The van der Waals surface area contributed by atoms with Crippen LogP contribution >= 0.6 is 0 Å². The molecule has 0 amide bonds. The van der Waals surface area contributed by atoms with Crippen molar-refractivity contribution >= 4 is 5.69 Å². The summed E-state index contributed by atoms with van der Waals surface area (Å²) in [4.78, 5) is 0. The first-order chi connectivity index (χ1) is 9.02. The van der Waals surface area contributed by atoms with E-state index in [1.54, 1.807) is 0 Å². The molecule has 2 rings (SSSR count). The molecule has 2 aromatic rings. The molecule has 0 heterocycles. The lowest BCUT2D eigenvalue weighted by molar-refractivity contribution is 0.299. The van der Waals surface area contributed by atoms with Crippen LogP contribution in [0.15, 0.2) is 30.3 Å². The molecule has 2 aromatic carbocycles. The van der Waals surface area contributed by atoms with E-state index in [0.717, 1.165) is 12.1 Å². The van der Waals surface area contributed by atoms with Crippen LogP contribution in [-0.2, 0) is 6.42 Å². The number of benzene rings is 2. The fourth-order valence-corrected chi connectivity index (χ4v) is 1.91. The Morgan fingerprint density at radius 3 is 2.37 bits per heavy atom. The standard InChI is InChI=1S/C14H12F3NO/c15-9-2-1-8(3-4-19)10(5-9)11-6-14(18)13(17)7-12(11)16/h1-2,5-7,19H,3-4,18H2. The van der Waals surface area contributed by atoms with Crippen molar-refractivity contribution in [3.05, 3.63) is 53.3 Å². The maximum absolute atomic E-state index is 13.8. The quantitative estimate of drug-likeness (QED) is 0.840. The van der Waals surface area contributed by atoms with Crippen LogP contribution < -0.4 is 5.73 Å². The first-order valence-corrected chi connectivity index (χ1v) is 5.67. The van der Waals surface area contributed by atoms with Crippen molar-refractivity contribution in [2.75, 3.05) is 12.3 Å². The lowest BCUT2D eigenvalue weighted by Gasteiger charge is -2.11. The third kappa shape index (κ3) is 2.71. The second-order valence-electron chi connectivity index (χ2n) is 4.13. The van der Waals surface area contributed by atoms with E-state index in [0.29, 0.717) is 11.6 Å². The fourth-order valence-electron chi connectivity index (χ4n) is 1.91. The van der Waals surface area contributed by atoms with Crippen molar-refractivity contribution in [1.82, 2.24) is 0 Å². The lowest BCUT2D eigenvalue weighted by Crippen LogP contribution is -1.99. The van der Waals surface area contributed by atoms with Gasteiger partial charge in [0.15, 0.2) is 0 Å². The van der Waals surface area contributed by atoms with Crippen LogP contribution in [-0.4, -0.2) is 11.7 Å². The zero-order valence-electron chi connectivity index (χ0n) is 9.96. The molecular formula is C14H12F3NO. The van der Waals surface area contributed by atoms with Crippen molar-refractivity contribution in [3.63, 3.8) is 0 Å². The van der Waals surface area contributed by atoms with Crippen molar-refractivity contribution in [1.29, 1.82) is 0 Å². The number of anilines is 1. The Kier molecular flexibility index (Phi) is 3.76. The SMILES string of the molecule is Nc1cc(-c2cc(F)ccc2CCO)c(F)cc1F. The Morgan fingerprint density at radius 1 is 0.947 bits per heavy atom. The zero-order chi connectivity index (χ0) is 14.0. The maximum atomic E-state index is 13.8. The summed E-state index contributed by atoms with van der Waals surface area (Å²) < 4.78 is 40.2. The van der Waals surface area contributed by atoms with Crippen LogP contribution in [0.25, 0.3) is 11.1 Å². The molecule has 2 nitrogen and oxygen atoms in total. The highest BCUT2D eigenvalue weighted by Crippen LogP contribution is 2.30. The third-order valence-electron chi connectivity index (χ3n) is 2.83. The second-order valence-corrected chi connectivity index (χ2v) is 4.13. The summed E-state index contributed by atoms with van der Waals surface area (Å²) in [7, 11) is 0. The van der Waals surface area contributed by atoms with Crippen molar-refractivity contribution in [3.8, 4) is 11.1 Å². The van der Waals surface area contributed by atoms with E-state index < -0.39 is 17.5 Å². The Bertz CT molecular complexity index is 614. The molecule has 0 aliphatic carbocycles. The van der Waals surface area contributed by atoms with Gasteiger partial charge in [0.2, 0.25) is 0 Å². The molecule has 0 aliphatic heterocycles. The van der Waals surface area contributed by atoms with E-state index in [2.05, 4.69) is 0 Å². The van der Waals surface area contributed by atoms with Crippen molar-refractivity contribution in [2.45, 2.75) is 6.42 Å². The minimum atomic E-state index is -0.860. The topological polar surface area (TPSA) is 46.2 Å². The van der Waals surface area contributed by atoms with Gasteiger partial charge in [-0.1, -0.05) is 6.07 Å². The minimum absolute atomic E-state index is 0.0156. The lowest BCUT2D eigenvalue weighted by atomic mass is 9.96. The van der Waals surface area contributed by atoms with Gasteiger partial charge < -0.3 is 10.8 Å². The normalized spacial score (nSPS) is 10.7. The molecule has 0 aliphatic rings. The van der Waals surface area contributed by atoms with Crippen LogP contribution in [0.2, 0.25) is 0 Å². The summed E-state index contributed by atoms with van der Waals surface area (Å²) >= 11 is 0. The molecule has 0 radical (unpaired) electrons. The van der Waals surface area contributed by atoms with E-state index >= 15 is 0 Å². The maximum Gasteiger partial charge on any atom is 0.149 e. The van der Waals surface area contributed by atoms with E-state index in [1.807, 2.05) is 0 Å². The second kappa shape index (κ2) is 5.32. The summed E-state index contributed by atoms with van der Waals surface area (Å²) in [6, 6.07) is 5.61. The minimum Gasteiger partial charge on any atom is -0.396 e.